The minimum absolute atomic E-state index is 0.00667. The quantitative estimate of drug-likeness (QED) is 0.297. The van der Waals surface area contributed by atoms with Gasteiger partial charge in [0, 0.05) is 19.6 Å². The summed E-state index contributed by atoms with van der Waals surface area (Å²) in [5, 5.41) is 51.5. The lowest BCUT2D eigenvalue weighted by atomic mass is 10.0. The summed E-state index contributed by atoms with van der Waals surface area (Å²) in [6.45, 7) is 9.29. The highest BCUT2D eigenvalue weighted by atomic mass is 16.5. The third-order valence-corrected chi connectivity index (χ3v) is 2.74. The Labute approximate surface area is 153 Å². The largest absolute Gasteiger partial charge is 0.396 e. The minimum Gasteiger partial charge on any atom is -0.396 e. The fraction of sp³-hybridized carbons (Fsp3) is 1.00. The molecule has 0 spiro atoms. The zero-order valence-corrected chi connectivity index (χ0v) is 16.7. The number of rotatable bonds is 11. The van der Waals surface area contributed by atoms with Crippen LogP contribution in [0.5, 0.6) is 0 Å². The number of ether oxygens (including phenoxy) is 1. The van der Waals surface area contributed by atoms with Crippen molar-refractivity contribution >= 4 is 0 Å². The molecule has 3 unspecified atom stereocenters. The van der Waals surface area contributed by atoms with E-state index in [-0.39, 0.29) is 25.9 Å². The van der Waals surface area contributed by atoms with Crippen LogP contribution in [0.4, 0.5) is 0 Å². The summed E-state index contributed by atoms with van der Waals surface area (Å²) >= 11 is 0. The molecule has 0 saturated heterocycles. The van der Waals surface area contributed by atoms with Crippen molar-refractivity contribution < 1.29 is 35.4 Å². The van der Waals surface area contributed by atoms with Gasteiger partial charge in [0.1, 0.15) is 0 Å². The van der Waals surface area contributed by atoms with Crippen molar-refractivity contribution in [2.24, 2.45) is 0 Å². The Balaban J connectivity index is -0.000000291. The highest BCUT2D eigenvalue weighted by Gasteiger charge is 2.14. The van der Waals surface area contributed by atoms with Gasteiger partial charge in [-0.3, -0.25) is 0 Å². The first kappa shape index (κ1) is 29.5. The van der Waals surface area contributed by atoms with E-state index in [0.717, 1.165) is 25.7 Å². The van der Waals surface area contributed by atoms with Crippen molar-refractivity contribution in [3.63, 3.8) is 0 Å². The number of unbranched alkanes of at least 4 members (excludes halogenated alkanes) is 3. The first-order chi connectivity index (χ1) is 11.5. The van der Waals surface area contributed by atoms with Crippen molar-refractivity contribution in [2.75, 3.05) is 26.4 Å². The van der Waals surface area contributed by atoms with Crippen LogP contribution < -0.4 is 0 Å². The van der Waals surface area contributed by atoms with E-state index in [1.807, 2.05) is 0 Å². The molecule has 0 aromatic rings. The van der Waals surface area contributed by atoms with E-state index < -0.39 is 17.8 Å². The number of hydrogen-bond acceptors (Lipinski definition) is 7. The molecule has 0 saturated carbocycles. The van der Waals surface area contributed by atoms with Gasteiger partial charge in [0.25, 0.3) is 0 Å². The average molecular weight is 371 g/mol. The molecule has 0 fully saturated rings. The fourth-order valence-electron chi connectivity index (χ4n) is 1.66. The van der Waals surface area contributed by atoms with Crippen LogP contribution in [0.3, 0.4) is 0 Å². The monoisotopic (exact) mass is 370 g/mol. The van der Waals surface area contributed by atoms with Gasteiger partial charge >= 0.3 is 0 Å². The van der Waals surface area contributed by atoms with Gasteiger partial charge in [0.15, 0.2) is 0 Å². The lowest BCUT2D eigenvalue weighted by molar-refractivity contribution is -0.0177. The molecule has 7 nitrogen and oxygen atoms in total. The van der Waals surface area contributed by atoms with Gasteiger partial charge in [0.2, 0.25) is 0 Å². The molecule has 6 N–H and O–H groups in total. The van der Waals surface area contributed by atoms with Gasteiger partial charge in [0.05, 0.1) is 37.1 Å². The molecular formula is C18H42O7. The number of aliphatic hydroxyl groups is 6. The Morgan fingerprint density at radius 1 is 0.800 bits per heavy atom. The Hall–Kier alpha value is -0.280. The highest BCUT2D eigenvalue weighted by molar-refractivity contribution is 4.67. The maximum Gasteiger partial charge on any atom is 0.0779 e. The molecule has 0 bridgehead atoms. The average Bonchev–Trinajstić information content (AvgIpc) is 2.48. The van der Waals surface area contributed by atoms with Crippen LogP contribution in [-0.2, 0) is 4.74 Å². The van der Waals surface area contributed by atoms with Crippen molar-refractivity contribution in [1.82, 2.24) is 0 Å². The van der Waals surface area contributed by atoms with E-state index in [2.05, 4.69) is 0 Å². The molecule has 0 rings (SSSR count). The van der Waals surface area contributed by atoms with Crippen LogP contribution in [0, 0.1) is 0 Å². The van der Waals surface area contributed by atoms with E-state index in [4.69, 9.17) is 35.4 Å². The summed E-state index contributed by atoms with van der Waals surface area (Å²) in [5.74, 6) is 0. The minimum atomic E-state index is -0.728. The summed E-state index contributed by atoms with van der Waals surface area (Å²) in [6, 6.07) is 0. The van der Waals surface area contributed by atoms with Gasteiger partial charge in [-0.15, -0.1) is 0 Å². The second-order valence-electron chi connectivity index (χ2n) is 6.90. The molecule has 0 aliphatic carbocycles. The van der Waals surface area contributed by atoms with Gasteiger partial charge < -0.3 is 35.4 Å². The summed E-state index contributed by atoms with van der Waals surface area (Å²) in [4.78, 5) is 0. The van der Waals surface area contributed by atoms with Crippen molar-refractivity contribution in [2.45, 2.75) is 90.6 Å². The topological polar surface area (TPSA) is 131 Å². The third kappa shape index (κ3) is 40.0. The van der Waals surface area contributed by atoms with Gasteiger partial charge in [-0.1, -0.05) is 12.8 Å². The van der Waals surface area contributed by atoms with Crippen LogP contribution >= 0.6 is 0 Å². The van der Waals surface area contributed by atoms with E-state index in [9.17, 15) is 0 Å². The van der Waals surface area contributed by atoms with E-state index in [1.165, 1.54) is 0 Å². The van der Waals surface area contributed by atoms with Crippen LogP contribution in [0.25, 0.3) is 0 Å². The maximum absolute atomic E-state index is 9.03. The van der Waals surface area contributed by atoms with Crippen molar-refractivity contribution in [3.8, 4) is 0 Å². The molecule has 0 aromatic heterocycles. The molecule has 156 valence electrons. The van der Waals surface area contributed by atoms with E-state index in [1.54, 1.807) is 34.6 Å². The Bertz CT molecular complexity index is 234. The SMILES string of the molecule is CC(O)CC(C)(C)O.CC(O)COC(C)CO.OCCCCCCO. The fourth-order valence-corrected chi connectivity index (χ4v) is 1.66. The van der Waals surface area contributed by atoms with Crippen molar-refractivity contribution in [3.05, 3.63) is 0 Å². The van der Waals surface area contributed by atoms with Crippen LogP contribution in [0.1, 0.15) is 66.7 Å². The van der Waals surface area contributed by atoms with E-state index >= 15 is 0 Å². The second kappa shape index (κ2) is 20.0. The lowest BCUT2D eigenvalue weighted by Gasteiger charge is -2.17. The van der Waals surface area contributed by atoms with E-state index in [0.29, 0.717) is 13.0 Å². The molecule has 3 atom stereocenters. The first-order valence-electron chi connectivity index (χ1n) is 9.02. The van der Waals surface area contributed by atoms with Crippen LogP contribution in [0.2, 0.25) is 0 Å². The van der Waals surface area contributed by atoms with Crippen LogP contribution in [0.15, 0.2) is 0 Å². The molecule has 25 heavy (non-hydrogen) atoms. The first-order valence-corrected chi connectivity index (χ1v) is 9.02. The predicted molar refractivity (Wildman–Crippen MR) is 99.4 cm³/mol. The molecule has 0 aliphatic heterocycles. The van der Waals surface area contributed by atoms with Gasteiger partial charge in [-0.05, 0) is 47.5 Å². The van der Waals surface area contributed by atoms with Crippen LogP contribution in [-0.4, -0.2) is 81.0 Å². The Morgan fingerprint density at radius 2 is 1.24 bits per heavy atom. The number of hydrogen-bond donors (Lipinski definition) is 6. The Morgan fingerprint density at radius 3 is 1.44 bits per heavy atom. The molecule has 0 radical (unpaired) electrons. The summed E-state index contributed by atoms with van der Waals surface area (Å²) in [7, 11) is 0. The standard InChI is InChI=1S/C6H14O3.2C6H14O2/c1-5(8)4-9-6(2)3-7;1-5(7)4-6(2,3)8;7-5-3-1-2-4-6-8/h5-8H,3-4H2,1-2H3;5,7-8H,4H2,1-3H3;7-8H,1-6H2. The molecule has 0 aliphatic rings. The molecular weight excluding hydrogens is 328 g/mol. The summed E-state index contributed by atoms with van der Waals surface area (Å²) in [6.07, 6.45) is 3.25. The van der Waals surface area contributed by atoms with Gasteiger partial charge in [-0.2, -0.15) is 0 Å². The second-order valence-corrected chi connectivity index (χ2v) is 6.90. The lowest BCUT2D eigenvalue weighted by Crippen LogP contribution is -2.24. The molecule has 7 heteroatoms. The normalized spacial score (nSPS) is 14.5. The zero-order chi connectivity index (χ0) is 20.3. The maximum atomic E-state index is 9.03. The van der Waals surface area contributed by atoms with Crippen molar-refractivity contribution in [1.29, 1.82) is 0 Å². The Kier molecular flexibility index (Phi) is 23.6. The highest BCUT2D eigenvalue weighted by Crippen LogP contribution is 2.09. The predicted octanol–water partition coefficient (Wildman–Crippen LogP) is 0.824. The van der Waals surface area contributed by atoms with Gasteiger partial charge in [-0.25, -0.2) is 0 Å². The third-order valence-electron chi connectivity index (χ3n) is 2.74. The molecule has 0 aromatic carbocycles. The zero-order valence-electron chi connectivity index (χ0n) is 16.7. The number of aliphatic hydroxyl groups excluding tert-OH is 5. The molecule has 0 heterocycles. The summed E-state index contributed by atoms with van der Waals surface area (Å²) < 4.78 is 4.95. The summed E-state index contributed by atoms with van der Waals surface area (Å²) in [5.41, 5.74) is -0.728. The smallest absolute Gasteiger partial charge is 0.0779 e. The molecule has 0 amide bonds.